The number of hydrogen-bond donors (Lipinski definition) is 2. The largest absolute Gasteiger partial charge is 0.465 e. The molecule has 150 valence electrons. The number of anilines is 1. The number of rotatable bonds is 5. The van der Waals surface area contributed by atoms with Gasteiger partial charge in [-0.05, 0) is 45.1 Å². The summed E-state index contributed by atoms with van der Waals surface area (Å²) >= 11 is 0. The van der Waals surface area contributed by atoms with Gasteiger partial charge in [-0.2, -0.15) is 0 Å². The van der Waals surface area contributed by atoms with E-state index in [4.69, 9.17) is 0 Å². The maximum Gasteiger partial charge on any atom is 0.405 e. The highest BCUT2D eigenvalue weighted by atomic mass is 16.4. The third-order valence-corrected chi connectivity index (χ3v) is 4.93. The molecule has 1 aromatic carbocycles. The second kappa shape index (κ2) is 7.97. The third-order valence-electron chi connectivity index (χ3n) is 4.93. The second-order valence-corrected chi connectivity index (χ2v) is 7.42. The van der Waals surface area contributed by atoms with Gasteiger partial charge in [-0.15, -0.1) is 5.10 Å². The lowest BCUT2D eigenvalue weighted by Gasteiger charge is -2.39. The van der Waals surface area contributed by atoms with Crippen molar-refractivity contribution in [3.8, 4) is 11.3 Å². The minimum absolute atomic E-state index is 0.0649. The van der Waals surface area contributed by atoms with Crippen molar-refractivity contribution in [1.82, 2.24) is 25.2 Å². The summed E-state index contributed by atoms with van der Waals surface area (Å²) in [6.45, 7) is 5.02. The molecule has 2 N–H and O–H groups in total. The van der Waals surface area contributed by atoms with Crippen molar-refractivity contribution in [2.45, 2.75) is 38.9 Å². The Labute approximate surface area is 163 Å². The molecule has 0 fully saturated rings. The van der Waals surface area contributed by atoms with E-state index in [1.54, 1.807) is 9.58 Å². The van der Waals surface area contributed by atoms with Crippen molar-refractivity contribution in [3.05, 3.63) is 30.0 Å². The number of aromatic nitrogens is 3. The Morgan fingerprint density at radius 2 is 2.11 bits per heavy atom. The van der Waals surface area contributed by atoms with Crippen LogP contribution >= 0.6 is 0 Å². The zero-order valence-corrected chi connectivity index (χ0v) is 16.6. The Hall–Kier alpha value is -2.94. The Morgan fingerprint density at radius 1 is 1.36 bits per heavy atom. The van der Waals surface area contributed by atoms with Crippen LogP contribution < -0.4 is 10.2 Å². The molecule has 1 aliphatic rings. The Kier molecular flexibility index (Phi) is 5.64. The maximum absolute atomic E-state index is 12.1. The summed E-state index contributed by atoms with van der Waals surface area (Å²) in [7, 11) is 4.00. The molecule has 0 aliphatic carbocycles. The van der Waals surface area contributed by atoms with Gasteiger partial charge >= 0.3 is 6.09 Å². The fourth-order valence-corrected chi connectivity index (χ4v) is 3.63. The van der Waals surface area contributed by atoms with Crippen molar-refractivity contribution in [2.24, 2.45) is 0 Å². The highest BCUT2D eigenvalue weighted by molar-refractivity contribution is 5.94. The summed E-state index contributed by atoms with van der Waals surface area (Å²) in [6.07, 6.45) is 1.30. The first kappa shape index (κ1) is 19.8. The van der Waals surface area contributed by atoms with Crippen LogP contribution in [-0.4, -0.2) is 63.7 Å². The van der Waals surface area contributed by atoms with Crippen LogP contribution in [0, 0.1) is 0 Å². The lowest BCUT2D eigenvalue weighted by molar-refractivity contribution is -0.117. The van der Waals surface area contributed by atoms with Gasteiger partial charge in [0.2, 0.25) is 5.91 Å². The molecule has 1 aromatic heterocycles. The molecule has 0 radical (unpaired) electrons. The quantitative estimate of drug-likeness (QED) is 0.814. The highest BCUT2D eigenvalue weighted by Gasteiger charge is 2.33. The van der Waals surface area contributed by atoms with E-state index in [0.29, 0.717) is 12.1 Å². The predicted molar refractivity (Wildman–Crippen MR) is 105 cm³/mol. The molecule has 0 bridgehead atoms. The zero-order valence-electron chi connectivity index (χ0n) is 16.6. The summed E-state index contributed by atoms with van der Waals surface area (Å²) in [5.41, 5.74) is 3.05. The molecule has 2 aromatic rings. The summed E-state index contributed by atoms with van der Waals surface area (Å²) in [5, 5.41) is 20.2. The number of nitrogens with zero attached hydrogens (tertiary/aromatic N) is 5. The maximum atomic E-state index is 12.1. The van der Waals surface area contributed by atoms with E-state index in [1.165, 1.54) is 6.92 Å². The fourth-order valence-electron chi connectivity index (χ4n) is 3.63. The molecule has 9 nitrogen and oxygen atoms in total. The van der Waals surface area contributed by atoms with E-state index in [2.05, 4.69) is 20.5 Å². The first-order valence-corrected chi connectivity index (χ1v) is 9.24. The molecule has 9 heteroatoms. The summed E-state index contributed by atoms with van der Waals surface area (Å²) in [4.78, 5) is 27.2. The van der Waals surface area contributed by atoms with Gasteiger partial charge < -0.3 is 20.2 Å². The monoisotopic (exact) mass is 386 g/mol. The fraction of sp³-hybridized carbons (Fsp3) is 0.474. The molecule has 1 aliphatic heterocycles. The first-order valence-electron chi connectivity index (χ1n) is 9.24. The lowest BCUT2D eigenvalue weighted by Crippen LogP contribution is -2.45. The number of nitrogens with one attached hydrogen (secondary N) is 1. The molecular weight excluding hydrogens is 360 g/mol. The van der Waals surface area contributed by atoms with Crippen LogP contribution in [0.2, 0.25) is 0 Å². The van der Waals surface area contributed by atoms with Crippen LogP contribution in [0.5, 0.6) is 0 Å². The van der Waals surface area contributed by atoms with Crippen LogP contribution in [0.4, 0.5) is 10.5 Å². The Morgan fingerprint density at radius 3 is 2.75 bits per heavy atom. The van der Waals surface area contributed by atoms with Crippen molar-refractivity contribution in [2.75, 3.05) is 25.5 Å². The average Bonchev–Trinajstić information content (AvgIpc) is 3.08. The smallest absolute Gasteiger partial charge is 0.405 e. The molecule has 0 saturated carbocycles. The Balaban J connectivity index is 1.96. The van der Waals surface area contributed by atoms with E-state index < -0.39 is 6.09 Å². The van der Waals surface area contributed by atoms with Gasteiger partial charge in [0.05, 0.1) is 18.8 Å². The number of carboxylic acid groups (broad SMARTS) is 1. The lowest BCUT2D eigenvalue weighted by atomic mass is 9.90. The van der Waals surface area contributed by atoms with Crippen molar-refractivity contribution < 1.29 is 14.7 Å². The van der Waals surface area contributed by atoms with Gasteiger partial charge in [-0.3, -0.25) is 9.48 Å². The minimum Gasteiger partial charge on any atom is -0.465 e. The normalized spacial score (nSPS) is 18.8. The number of carbonyl (C=O) groups is 2. The van der Waals surface area contributed by atoms with E-state index in [1.807, 2.05) is 45.4 Å². The summed E-state index contributed by atoms with van der Waals surface area (Å²) in [5.74, 6) is -0.0649. The second-order valence-electron chi connectivity index (χ2n) is 7.42. The number of fused-ring (bicyclic) bond motifs is 1. The van der Waals surface area contributed by atoms with Crippen LogP contribution in [0.3, 0.4) is 0 Å². The van der Waals surface area contributed by atoms with Gasteiger partial charge in [-0.25, -0.2) is 4.79 Å². The average molecular weight is 386 g/mol. The van der Waals surface area contributed by atoms with Crippen molar-refractivity contribution in [1.29, 1.82) is 0 Å². The predicted octanol–water partition coefficient (Wildman–Crippen LogP) is 1.96. The van der Waals surface area contributed by atoms with Gasteiger partial charge in [0.15, 0.2) is 0 Å². The van der Waals surface area contributed by atoms with E-state index >= 15 is 0 Å². The molecule has 0 unspecified atom stereocenters. The summed E-state index contributed by atoms with van der Waals surface area (Å²) < 4.78 is 1.78. The molecular formula is C19H26N6O3. The topological polar surface area (TPSA) is 104 Å². The minimum atomic E-state index is -1.08. The zero-order chi connectivity index (χ0) is 20.4. The van der Waals surface area contributed by atoms with Crippen molar-refractivity contribution in [3.63, 3.8) is 0 Å². The molecule has 3 rings (SSSR count). The van der Waals surface area contributed by atoms with Gasteiger partial charge in [-0.1, -0.05) is 11.3 Å². The molecule has 2 atom stereocenters. The van der Waals surface area contributed by atoms with Crippen LogP contribution in [-0.2, 0) is 11.3 Å². The van der Waals surface area contributed by atoms with E-state index in [0.717, 1.165) is 29.9 Å². The van der Waals surface area contributed by atoms with Crippen LogP contribution in [0.1, 0.15) is 31.9 Å². The molecule has 28 heavy (non-hydrogen) atoms. The number of carbonyl (C=O) groups excluding carboxylic acids is 1. The molecule has 0 spiro atoms. The standard InChI is InChI=1S/C19H26N6O3/c1-12-9-16(20-19(27)28)15-10-14(5-6-18(15)25(12)13(2)26)17-11-24(22-21-17)8-7-23(3)4/h5-6,10-12,16,20H,7-9H2,1-4H3,(H,27,28)/t12-,16+/m0/s1. The SMILES string of the molecule is CC(=O)N1c2ccc(-c3cn(CCN(C)C)nn3)cc2[C@H](NC(=O)O)C[C@@H]1C. The number of amides is 2. The van der Waals surface area contributed by atoms with Crippen molar-refractivity contribution >= 4 is 17.7 Å². The number of hydrogen-bond acceptors (Lipinski definition) is 5. The van der Waals surface area contributed by atoms with Gasteiger partial charge in [0.25, 0.3) is 0 Å². The summed E-state index contributed by atoms with van der Waals surface area (Å²) in [6, 6.07) is 5.17. The first-order chi connectivity index (χ1) is 13.3. The molecule has 0 saturated heterocycles. The van der Waals surface area contributed by atoms with E-state index in [-0.39, 0.29) is 18.0 Å². The molecule has 2 heterocycles. The van der Waals surface area contributed by atoms with Gasteiger partial charge in [0, 0.05) is 30.8 Å². The van der Waals surface area contributed by atoms with Gasteiger partial charge in [0.1, 0.15) is 5.69 Å². The number of benzene rings is 1. The van der Waals surface area contributed by atoms with Crippen LogP contribution in [0.25, 0.3) is 11.3 Å². The number of likely N-dealkylation sites (N-methyl/N-ethyl adjacent to an activating group) is 1. The van der Waals surface area contributed by atoms with Crippen LogP contribution in [0.15, 0.2) is 24.4 Å². The van der Waals surface area contributed by atoms with E-state index in [9.17, 15) is 14.7 Å². The third kappa shape index (κ3) is 4.14. The highest BCUT2D eigenvalue weighted by Crippen LogP contribution is 2.39. The molecule has 2 amide bonds. The Bertz CT molecular complexity index is 878.